The first-order chi connectivity index (χ1) is 8.84. The number of carbonyl (C=O) groups is 3. The van der Waals surface area contributed by atoms with Gasteiger partial charge in [-0.05, 0) is 26.3 Å². The van der Waals surface area contributed by atoms with Crippen molar-refractivity contribution < 1.29 is 19.5 Å². The number of halogens is 1. The van der Waals surface area contributed by atoms with Gasteiger partial charge in [-0.3, -0.25) is 14.4 Å². The van der Waals surface area contributed by atoms with Gasteiger partial charge in [-0.1, -0.05) is 15.9 Å². The molecule has 0 aliphatic heterocycles. The highest BCUT2D eigenvalue weighted by Gasteiger charge is 2.33. The van der Waals surface area contributed by atoms with Crippen LogP contribution in [-0.2, 0) is 14.4 Å². The van der Waals surface area contributed by atoms with Crippen LogP contribution in [0, 0.1) is 5.92 Å². The average Bonchev–Trinajstić information content (AvgIpc) is 2.37. The molecule has 0 aromatic heterocycles. The maximum Gasteiger partial charge on any atom is 0.321 e. The van der Waals surface area contributed by atoms with Crippen LogP contribution < -0.4 is 16.8 Å². The fourth-order valence-corrected chi connectivity index (χ4v) is 1.84. The van der Waals surface area contributed by atoms with Gasteiger partial charge in [-0.25, -0.2) is 0 Å². The first-order valence-electron chi connectivity index (χ1n) is 5.92. The molecule has 1 amide bonds. The number of aliphatic carboxylic acids is 1. The summed E-state index contributed by atoms with van der Waals surface area (Å²) in [6.45, 7) is 1.85. The van der Waals surface area contributed by atoms with Crippen molar-refractivity contribution in [2.75, 3.05) is 11.9 Å². The Morgan fingerprint density at radius 3 is 2.37 bits per heavy atom. The van der Waals surface area contributed by atoms with E-state index in [-0.39, 0.29) is 17.7 Å². The highest BCUT2D eigenvalue weighted by atomic mass is 79.9. The largest absolute Gasteiger partial charge is 0.480 e. The van der Waals surface area contributed by atoms with Crippen molar-refractivity contribution in [1.82, 2.24) is 5.32 Å². The van der Waals surface area contributed by atoms with Gasteiger partial charge in [0, 0.05) is 5.92 Å². The van der Waals surface area contributed by atoms with Crippen LogP contribution in [0.3, 0.4) is 0 Å². The zero-order valence-electron chi connectivity index (χ0n) is 10.8. The molecule has 0 heterocycles. The van der Waals surface area contributed by atoms with Crippen LogP contribution in [0.25, 0.3) is 0 Å². The molecule has 0 spiro atoms. The summed E-state index contributed by atoms with van der Waals surface area (Å²) >= 11 is 2.96. The monoisotopic (exact) mass is 337 g/mol. The summed E-state index contributed by atoms with van der Waals surface area (Å²) in [6.07, 6.45) is 0.786. The molecule has 0 radical (unpaired) electrons. The Labute approximate surface area is 120 Å². The molecule has 0 fully saturated rings. The van der Waals surface area contributed by atoms with E-state index in [1.165, 1.54) is 6.92 Å². The lowest BCUT2D eigenvalue weighted by Crippen LogP contribution is -2.49. The second kappa shape index (κ2) is 9.00. The molecule has 0 aliphatic rings. The van der Waals surface area contributed by atoms with Gasteiger partial charge in [0.1, 0.15) is 6.04 Å². The van der Waals surface area contributed by atoms with Crippen molar-refractivity contribution in [2.24, 2.45) is 17.4 Å². The predicted molar refractivity (Wildman–Crippen MR) is 73.8 cm³/mol. The highest BCUT2D eigenvalue weighted by molar-refractivity contribution is 9.09. The maximum atomic E-state index is 12.1. The first kappa shape index (κ1) is 18.0. The number of hydrogen-bond donors (Lipinski definition) is 4. The Hall–Kier alpha value is -0.990. The number of amides is 1. The second-order valence-corrected chi connectivity index (χ2v) is 4.79. The van der Waals surface area contributed by atoms with Crippen LogP contribution >= 0.6 is 15.9 Å². The van der Waals surface area contributed by atoms with E-state index in [9.17, 15) is 14.4 Å². The Kier molecular flexibility index (Phi) is 8.53. The average molecular weight is 338 g/mol. The third-order valence-corrected chi connectivity index (χ3v) is 3.24. The van der Waals surface area contributed by atoms with Crippen molar-refractivity contribution in [3.8, 4) is 0 Å². The van der Waals surface area contributed by atoms with E-state index < -0.39 is 29.8 Å². The number of hydrogen-bond acceptors (Lipinski definition) is 5. The third kappa shape index (κ3) is 6.13. The highest BCUT2D eigenvalue weighted by Crippen LogP contribution is 2.14. The Morgan fingerprint density at radius 2 is 1.95 bits per heavy atom. The molecule has 1 unspecified atom stereocenters. The summed E-state index contributed by atoms with van der Waals surface area (Å²) in [4.78, 5) is 34.2. The van der Waals surface area contributed by atoms with Crippen molar-refractivity contribution >= 4 is 33.6 Å². The number of carbonyl (C=O) groups excluding carboxylic acids is 2. The molecule has 110 valence electrons. The number of nitrogens with one attached hydrogen (secondary N) is 1. The molecule has 0 saturated heterocycles. The number of Topliss-reactive ketones (excluding diaryl/α,β-unsaturated/α-hetero) is 1. The lowest BCUT2D eigenvalue weighted by Gasteiger charge is -2.23. The van der Waals surface area contributed by atoms with Crippen LogP contribution in [0.2, 0.25) is 0 Å². The minimum absolute atomic E-state index is 0.0725. The third-order valence-electron chi connectivity index (χ3n) is 2.73. The molecule has 0 rings (SSSR count). The van der Waals surface area contributed by atoms with Gasteiger partial charge in [-0.2, -0.15) is 0 Å². The van der Waals surface area contributed by atoms with E-state index in [1.54, 1.807) is 0 Å². The predicted octanol–water partition coefficient (Wildman–Crippen LogP) is -0.778. The molecule has 0 bridgehead atoms. The summed E-state index contributed by atoms with van der Waals surface area (Å²) < 4.78 is 0. The molecular weight excluding hydrogens is 318 g/mol. The summed E-state index contributed by atoms with van der Waals surface area (Å²) in [5.41, 5.74) is 10.9. The number of ketones is 1. The molecule has 0 aromatic rings. The lowest BCUT2D eigenvalue weighted by atomic mass is 9.87. The zero-order valence-corrected chi connectivity index (χ0v) is 12.4. The first-order valence-corrected chi connectivity index (χ1v) is 7.04. The minimum atomic E-state index is -1.29. The molecule has 0 aliphatic carbocycles. The minimum Gasteiger partial charge on any atom is -0.480 e. The molecule has 0 aromatic carbocycles. The van der Waals surface area contributed by atoms with Gasteiger partial charge >= 0.3 is 5.97 Å². The smallest absolute Gasteiger partial charge is 0.321 e. The molecule has 6 N–H and O–H groups in total. The maximum absolute atomic E-state index is 12.1. The van der Waals surface area contributed by atoms with Gasteiger partial charge in [-0.15, -0.1) is 0 Å². The van der Waals surface area contributed by atoms with E-state index in [0.29, 0.717) is 13.0 Å². The molecule has 8 heteroatoms. The fourth-order valence-electron chi connectivity index (χ4n) is 1.68. The quantitative estimate of drug-likeness (QED) is 0.407. The van der Waals surface area contributed by atoms with Crippen LogP contribution in [0.1, 0.15) is 19.8 Å². The second-order valence-electron chi connectivity index (χ2n) is 4.23. The number of alkyl halides is 1. The van der Waals surface area contributed by atoms with Crippen molar-refractivity contribution in [3.63, 3.8) is 0 Å². The summed E-state index contributed by atoms with van der Waals surface area (Å²) in [7, 11) is 0. The molecule has 19 heavy (non-hydrogen) atoms. The SMILES string of the molecule is C[C@H](NC(=O)CBr)C(=O)C(CCCN)[C@H](N)C(=O)O. The number of rotatable bonds is 9. The van der Waals surface area contributed by atoms with Crippen LogP contribution in [0.5, 0.6) is 0 Å². The number of carboxylic acids is 1. The van der Waals surface area contributed by atoms with E-state index in [4.69, 9.17) is 16.6 Å². The van der Waals surface area contributed by atoms with Crippen LogP contribution in [-0.4, -0.2) is 46.7 Å². The Morgan fingerprint density at radius 1 is 1.37 bits per heavy atom. The zero-order chi connectivity index (χ0) is 15.0. The molecule has 0 saturated carbocycles. The van der Waals surface area contributed by atoms with Gasteiger partial charge in [0.25, 0.3) is 0 Å². The van der Waals surface area contributed by atoms with Crippen molar-refractivity contribution in [3.05, 3.63) is 0 Å². The standard InChI is InChI=1S/C11H20BrN3O4/c1-6(15-8(16)5-12)10(17)7(3-2-4-13)9(14)11(18)19/h6-7,9H,2-5,13-14H2,1H3,(H,15,16)(H,18,19)/t6-,7?,9-/m0/s1. The van der Waals surface area contributed by atoms with E-state index in [0.717, 1.165) is 0 Å². The van der Waals surface area contributed by atoms with Crippen LogP contribution in [0.15, 0.2) is 0 Å². The lowest BCUT2D eigenvalue weighted by molar-refractivity contribution is -0.143. The number of nitrogens with two attached hydrogens (primary N) is 2. The Balaban J connectivity index is 4.78. The van der Waals surface area contributed by atoms with Crippen molar-refractivity contribution in [1.29, 1.82) is 0 Å². The molecular formula is C11H20BrN3O4. The van der Waals surface area contributed by atoms with Crippen LogP contribution in [0.4, 0.5) is 0 Å². The van der Waals surface area contributed by atoms with Gasteiger partial charge in [0.15, 0.2) is 5.78 Å². The van der Waals surface area contributed by atoms with E-state index in [2.05, 4.69) is 21.2 Å². The summed E-state index contributed by atoms with van der Waals surface area (Å²) in [6, 6.07) is -2.07. The Bertz CT molecular complexity index is 338. The topological polar surface area (TPSA) is 136 Å². The number of carboxylic acid groups (broad SMARTS) is 1. The summed E-state index contributed by atoms with van der Waals surface area (Å²) in [5, 5.41) is 11.4. The van der Waals surface area contributed by atoms with Gasteiger partial charge in [0.2, 0.25) is 5.91 Å². The molecule has 3 atom stereocenters. The molecule has 7 nitrogen and oxygen atoms in total. The summed E-state index contributed by atoms with van der Waals surface area (Å²) in [5.74, 6) is -2.83. The van der Waals surface area contributed by atoms with Crippen molar-refractivity contribution in [2.45, 2.75) is 31.8 Å². The van der Waals surface area contributed by atoms with E-state index in [1.807, 2.05) is 0 Å². The van der Waals surface area contributed by atoms with Gasteiger partial charge in [0.05, 0.1) is 11.4 Å². The van der Waals surface area contributed by atoms with E-state index >= 15 is 0 Å². The fraction of sp³-hybridized carbons (Fsp3) is 0.727. The van der Waals surface area contributed by atoms with Gasteiger partial charge < -0.3 is 21.9 Å². The normalized spacial score (nSPS) is 15.4.